The van der Waals surface area contributed by atoms with Gasteiger partial charge in [-0.25, -0.2) is 4.79 Å². The second kappa shape index (κ2) is 11.5. The van der Waals surface area contributed by atoms with Crippen LogP contribution in [0.15, 0.2) is 30.3 Å². The van der Waals surface area contributed by atoms with E-state index in [-0.39, 0.29) is 36.4 Å². The molecule has 182 valence electrons. The summed E-state index contributed by atoms with van der Waals surface area (Å²) in [5.74, 6) is -1.07. The van der Waals surface area contributed by atoms with Gasteiger partial charge in [0.05, 0.1) is 25.7 Å². The van der Waals surface area contributed by atoms with Crippen molar-refractivity contribution >= 4 is 17.7 Å². The Labute approximate surface area is 195 Å². The predicted octanol–water partition coefficient (Wildman–Crippen LogP) is 4.00. The van der Waals surface area contributed by atoms with E-state index in [0.29, 0.717) is 17.8 Å². The first-order valence-corrected chi connectivity index (χ1v) is 11.8. The lowest BCUT2D eigenvalue weighted by Gasteiger charge is -2.38. The van der Waals surface area contributed by atoms with Crippen LogP contribution < -0.4 is 0 Å². The molecule has 0 unspecified atom stereocenters. The van der Waals surface area contributed by atoms with Gasteiger partial charge in [-0.05, 0) is 43.1 Å². The molecule has 1 aromatic rings. The summed E-state index contributed by atoms with van der Waals surface area (Å²) < 4.78 is 16.9. The van der Waals surface area contributed by atoms with Crippen LogP contribution in [0.3, 0.4) is 0 Å². The van der Waals surface area contributed by atoms with Crippen LogP contribution in [-0.2, 0) is 35.2 Å². The summed E-state index contributed by atoms with van der Waals surface area (Å²) in [5, 5.41) is 12.9. The second-order valence-electron chi connectivity index (χ2n) is 9.29. The van der Waals surface area contributed by atoms with Gasteiger partial charge in [0.2, 0.25) is 6.29 Å². The van der Waals surface area contributed by atoms with E-state index < -0.39 is 24.1 Å². The molecule has 2 aliphatic rings. The minimum absolute atomic E-state index is 0.0319. The number of nitrogens with zero attached hydrogens (tertiary/aromatic N) is 1. The summed E-state index contributed by atoms with van der Waals surface area (Å²) in [6.07, 6.45) is 1.67. The molecule has 0 N–H and O–H groups in total. The zero-order chi connectivity index (χ0) is 24.0. The maximum atomic E-state index is 12.9. The molecule has 1 saturated heterocycles. The van der Waals surface area contributed by atoms with Crippen molar-refractivity contribution in [3.8, 4) is 0 Å². The van der Waals surface area contributed by atoms with Gasteiger partial charge in [0.15, 0.2) is 0 Å². The van der Waals surface area contributed by atoms with Crippen LogP contribution >= 0.6 is 0 Å². The third-order valence-electron chi connectivity index (χ3n) is 6.46. The van der Waals surface area contributed by atoms with Crippen LogP contribution in [0.2, 0.25) is 0 Å². The van der Waals surface area contributed by atoms with Crippen molar-refractivity contribution in [2.75, 3.05) is 6.61 Å². The van der Waals surface area contributed by atoms with Crippen molar-refractivity contribution in [1.82, 2.24) is 0 Å². The van der Waals surface area contributed by atoms with Gasteiger partial charge in [-0.2, -0.15) is 0 Å². The van der Waals surface area contributed by atoms with Gasteiger partial charge in [0.1, 0.15) is 5.92 Å². The number of hydrogen-bond acceptors (Lipinski definition) is 7. The Bertz CT molecular complexity index is 838. The number of rotatable bonds is 9. The molecule has 1 heterocycles. The molecule has 8 nitrogen and oxygen atoms in total. The Balaban J connectivity index is 1.84. The average molecular weight is 462 g/mol. The van der Waals surface area contributed by atoms with Crippen LogP contribution in [0.4, 0.5) is 0 Å². The largest absolute Gasteiger partial charge is 0.458 e. The van der Waals surface area contributed by atoms with Crippen molar-refractivity contribution in [3.63, 3.8) is 0 Å². The highest BCUT2D eigenvalue weighted by Crippen LogP contribution is 2.38. The minimum Gasteiger partial charge on any atom is -0.458 e. The molecular formula is C25H35NO7. The van der Waals surface area contributed by atoms with Crippen molar-refractivity contribution in [1.29, 1.82) is 0 Å². The lowest BCUT2D eigenvalue weighted by molar-refractivity contribution is -0.747. The standard InChI is InChI=1S/C25H35NO7/c1-5-30-24(28)23(26(29)31-15-18-9-7-6-8-10-18)20-14-22(27)33-25(20)32-21-13-17(4)11-12-19(21)16(2)3/h6-10,16-17,19-21,25H,5,11-15H2,1-4H3/b26-23-/t17-,19+,20-,21-,25+/m0/s1. The van der Waals surface area contributed by atoms with Crippen LogP contribution in [0.5, 0.6) is 0 Å². The van der Waals surface area contributed by atoms with Crippen molar-refractivity contribution in [2.45, 2.75) is 72.4 Å². The van der Waals surface area contributed by atoms with Crippen LogP contribution in [0, 0.1) is 28.9 Å². The molecule has 1 aromatic carbocycles. The van der Waals surface area contributed by atoms with E-state index in [0.717, 1.165) is 24.8 Å². The molecular weight excluding hydrogens is 426 g/mol. The fourth-order valence-electron chi connectivity index (χ4n) is 4.67. The van der Waals surface area contributed by atoms with E-state index in [9.17, 15) is 14.8 Å². The summed E-state index contributed by atoms with van der Waals surface area (Å²) in [6, 6.07) is 9.13. The molecule has 33 heavy (non-hydrogen) atoms. The fraction of sp³-hybridized carbons (Fsp3) is 0.640. The first-order chi connectivity index (χ1) is 15.8. The SMILES string of the molecule is CCOC(=O)/C([C@@H]1CC(=O)O[C@H]1O[C@H]1C[C@@H](C)CC[C@@H]1C(C)C)=[N+](/[O-])OCc1ccccc1. The predicted molar refractivity (Wildman–Crippen MR) is 121 cm³/mol. The van der Waals surface area contributed by atoms with Crippen molar-refractivity contribution in [3.05, 3.63) is 41.1 Å². The average Bonchev–Trinajstić information content (AvgIpc) is 3.12. The number of benzene rings is 1. The quantitative estimate of drug-likeness (QED) is 0.237. The minimum atomic E-state index is -1.04. The molecule has 8 heteroatoms. The van der Waals surface area contributed by atoms with Crippen LogP contribution in [-0.4, -0.2) is 41.6 Å². The summed E-state index contributed by atoms with van der Waals surface area (Å²) in [7, 11) is 0. The summed E-state index contributed by atoms with van der Waals surface area (Å²) in [5.41, 5.74) is 0.456. The molecule has 1 aliphatic carbocycles. The van der Waals surface area contributed by atoms with Crippen molar-refractivity contribution in [2.24, 2.45) is 23.7 Å². The number of carbonyl (C=O) groups is 2. The number of carbonyl (C=O) groups excluding carboxylic acids is 2. The fourth-order valence-corrected chi connectivity index (χ4v) is 4.67. The second-order valence-corrected chi connectivity index (χ2v) is 9.29. The third kappa shape index (κ3) is 6.47. The molecule has 0 bridgehead atoms. The first kappa shape index (κ1) is 25.0. The number of ether oxygens (including phenoxy) is 3. The highest BCUT2D eigenvalue weighted by molar-refractivity contribution is 6.35. The number of esters is 2. The van der Waals surface area contributed by atoms with Gasteiger partial charge < -0.3 is 19.0 Å². The van der Waals surface area contributed by atoms with E-state index in [1.807, 2.05) is 30.3 Å². The highest BCUT2D eigenvalue weighted by Gasteiger charge is 2.50. The normalized spacial score (nSPS) is 28.3. The summed E-state index contributed by atoms with van der Waals surface area (Å²) in [6.45, 7) is 8.19. The molecule has 1 saturated carbocycles. The molecule has 0 radical (unpaired) electrons. The monoisotopic (exact) mass is 461 g/mol. The maximum absolute atomic E-state index is 12.9. The van der Waals surface area contributed by atoms with E-state index in [1.54, 1.807) is 6.92 Å². The zero-order valence-corrected chi connectivity index (χ0v) is 19.9. The number of cyclic esters (lactones) is 1. The van der Waals surface area contributed by atoms with Gasteiger partial charge in [-0.3, -0.25) is 10.0 Å². The van der Waals surface area contributed by atoms with Crippen LogP contribution in [0.25, 0.3) is 0 Å². The molecule has 0 aromatic heterocycles. The zero-order valence-electron chi connectivity index (χ0n) is 19.9. The lowest BCUT2D eigenvalue weighted by Crippen LogP contribution is -2.43. The molecule has 1 aliphatic heterocycles. The van der Waals surface area contributed by atoms with E-state index in [1.165, 1.54) is 0 Å². The van der Waals surface area contributed by atoms with Gasteiger partial charge >= 0.3 is 17.7 Å². The Morgan fingerprint density at radius 1 is 1.24 bits per heavy atom. The highest BCUT2D eigenvalue weighted by atomic mass is 16.9. The summed E-state index contributed by atoms with van der Waals surface area (Å²) in [4.78, 5) is 30.5. The molecule has 5 atom stereocenters. The molecule has 0 amide bonds. The lowest BCUT2D eigenvalue weighted by atomic mass is 9.75. The Kier molecular flexibility index (Phi) is 8.72. The van der Waals surface area contributed by atoms with E-state index in [4.69, 9.17) is 19.0 Å². The molecule has 0 spiro atoms. The Hall–Kier alpha value is -2.61. The van der Waals surface area contributed by atoms with Gasteiger partial charge in [-0.1, -0.05) is 57.5 Å². The Morgan fingerprint density at radius 3 is 2.64 bits per heavy atom. The summed E-state index contributed by atoms with van der Waals surface area (Å²) >= 11 is 0. The topological polar surface area (TPSA) is 97.1 Å². The van der Waals surface area contributed by atoms with E-state index in [2.05, 4.69) is 20.8 Å². The van der Waals surface area contributed by atoms with Gasteiger partial charge in [-0.15, -0.1) is 0 Å². The maximum Gasteiger partial charge on any atom is 0.405 e. The first-order valence-electron chi connectivity index (χ1n) is 11.8. The Morgan fingerprint density at radius 2 is 1.97 bits per heavy atom. The van der Waals surface area contributed by atoms with E-state index >= 15 is 0 Å². The number of hydrogen-bond donors (Lipinski definition) is 0. The smallest absolute Gasteiger partial charge is 0.405 e. The molecule has 2 fully saturated rings. The molecule has 3 rings (SSSR count). The van der Waals surface area contributed by atoms with Crippen LogP contribution in [0.1, 0.15) is 58.9 Å². The van der Waals surface area contributed by atoms with Crippen molar-refractivity contribution < 1.29 is 33.5 Å². The third-order valence-corrected chi connectivity index (χ3v) is 6.46. The van der Waals surface area contributed by atoms with Gasteiger partial charge in [0.25, 0.3) is 0 Å². The van der Waals surface area contributed by atoms with Gasteiger partial charge in [0, 0.05) is 4.90 Å².